The molecule has 1 amide bonds. The van der Waals surface area contributed by atoms with Crippen molar-refractivity contribution in [1.29, 1.82) is 0 Å². The van der Waals surface area contributed by atoms with E-state index in [9.17, 15) is 15.0 Å². The predicted molar refractivity (Wildman–Crippen MR) is 168 cm³/mol. The molecule has 2 aliphatic carbocycles. The molecular weight excluding hydrogens is 556 g/mol. The molecule has 3 fully saturated rings. The van der Waals surface area contributed by atoms with E-state index in [2.05, 4.69) is 69.8 Å². The molecular formula is C33H40N8O3. The van der Waals surface area contributed by atoms with E-state index in [-0.39, 0.29) is 23.8 Å². The lowest BCUT2D eigenvalue weighted by atomic mass is 9.84. The minimum atomic E-state index is -1.08. The number of fused-ring (bicyclic) bond motifs is 1. The summed E-state index contributed by atoms with van der Waals surface area (Å²) in [6.45, 7) is 2.33. The van der Waals surface area contributed by atoms with Crippen molar-refractivity contribution < 1.29 is 15.0 Å². The van der Waals surface area contributed by atoms with E-state index in [1.165, 1.54) is 11.1 Å². The minimum Gasteiger partial charge on any atom is -0.388 e. The van der Waals surface area contributed by atoms with Crippen LogP contribution in [0.2, 0.25) is 0 Å². The summed E-state index contributed by atoms with van der Waals surface area (Å²) in [6.07, 6.45) is 3.64. The molecule has 3 aliphatic rings. The van der Waals surface area contributed by atoms with Crippen LogP contribution in [0, 0.1) is 5.92 Å². The number of imidazole rings is 1. The number of hydrogen-bond acceptors (Lipinski definition) is 9. The van der Waals surface area contributed by atoms with Gasteiger partial charge in [-0.3, -0.25) is 4.79 Å². The van der Waals surface area contributed by atoms with Crippen LogP contribution in [0.4, 0.5) is 11.8 Å². The fourth-order valence-corrected chi connectivity index (χ4v) is 6.70. The van der Waals surface area contributed by atoms with Crippen LogP contribution < -0.4 is 21.3 Å². The van der Waals surface area contributed by atoms with E-state index < -0.39 is 24.3 Å². The molecule has 1 saturated heterocycles. The Hall–Kier alpha value is -4.06. The summed E-state index contributed by atoms with van der Waals surface area (Å²) in [5.74, 6) is 1.12. The molecule has 0 spiro atoms. The summed E-state index contributed by atoms with van der Waals surface area (Å²) in [5, 5.41) is 35.5. The molecule has 7 rings (SSSR count). The highest BCUT2D eigenvalue weighted by atomic mass is 16.3. The quantitative estimate of drug-likeness (QED) is 0.163. The smallest absolute Gasteiger partial charge is 0.227 e. The maximum Gasteiger partial charge on any atom is 0.227 e. The van der Waals surface area contributed by atoms with Gasteiger partial charge >= 0.3 is 0 Å². The Morgan fingerprint density at radius 3 is 2.34 bits per heavy atom. The number of anilines is 2. The van der Waals surface area contributed by atoms with Gasteiger partial charge in [-0.15, -0.1) is 0 Å². The van der Waals surface area contributed by atoms with Gasteiger partial charge in [-0.05, 0) is 43.4 Å². The summed E-state index contributed by atoms with van der Waals surface area (Å²) in [5.41, 5.74) is 3.53. The number of nitrogens with one attached hydrogen (secondary N) is 4. The van der Waals surface area contributed by atoms with Gasteiger partial charge in [0.1, 0.15) is 12.2 Å². The molecule has 6 N–H and O–H groups in total. The Balaban J connectivity index is 1.19. The Bertz CT molecular complexity index is 1530. The first-order chi connectivity index (χ1) is 21.5. The van der Waals surface area contributed by atoms with Crippen LogP contribution in [0.3, 0.4) is 0 Å². The fourth-order valence-electron chi connectivity index (χ4n) is 6.70. The van der Waals surface area contributed by atoms with Crippen LogP contribution in [0.5, 0.6) is 0 Å². The number of rotatable bonds is 10. The average molecular weight is 597 g/mol. The van der Waals surface area contributed by atoms with Gasteiger partial charge in [-0.25, -0.2) is 4.98 Å². The number of benzene rings is 2. The maximum absolute atomic E-state index is 12.7. The maximum atomic E-state index is 12.7. The third kappa shape index (κ3) is 5.74. The summed E-state index contributed by atoms with van der Waals surface area (Å²) in [7, 11) is 0. The van der Waals surface area contributed by atoms with E-state index in [4.69, 9.17) is 15.0 Å². The van der Waals surface area contributed by atoms with Gasteiger partial charge in [0, 0.05) is 31.0 Å². The number of nitrogens with zero attached hydrogens (tertiary/aromatic N) is 4. The summed E-state index contributed by atoms with van der Waals surface area (Å²) in [6, 6.07) is 19.9. The molecule has 44 heavy (non-hydrogen) atoms. The number of aliphatic hydroxyl groups excluding tert-OH is 2. The molecule has 3 heterocycles. The van der Waals surface area contributed by atoms with Crippen molar-refractivity contribution >= 4 is 28.8 Å². The van der Waals surface area contributed by atoms with E-state index >= 15 is 0 Å². The van der Waals surface area contributed by atoms with Crippen LogP contribution in [0.15, 0.2) is 67.0 Å². The highest BCUT2D eigenvalue weighted by Crippen LogP contribution is 2.36. The first-order valence-electron chi connectivity index (χ1n) is 15.8. The number of hydrogen-bond donors (Lipinski definition) is 6. The lowest BCUT2D eigenvalue weighted by Gasteiger charge is -2.27. The molecule has 11 nitrogen and oxygen atoms in total. The second kappa shape index (κ2) is 12.5. The average Bonchev–Trinajstić information content (AvgIpc) is 3.74. The van der Waals surface area contributed by atoms with Crippen LogP contribution in [0.1, 0.15) is 55.2 Å². The lowest BCUT2D eigenvalue weighted by molar-refractivity contribution is -0.129. The lowest BCUT2D eigenvalue weighted by Crippen LogP contribution is -2.46. The van der Waals surface area contributed by atoms with Gasteiger partial charge in [0.15, 0.2) is 17.0 Å². The van der Waals surface area contributed by atoms with Gasteiger partial charge in [-0.1, -0.05) is 67.1 Å². The molecule has 2 aromatic heterocycles. The van der Waals surface area contributed by atoms with Crippen molar-refractivity contribution in [1.82, 2.24) is 30.2 Å². The molecule has 4 aromatic rings. The summed E-state index contributed by atoms with van der Waals surface area (Å²) in [4.78, 5) is 27.1. The number of carbonyl (C=O) groups excluding carboxylic acids is 1. The number of amides is 1. The molecule has 2 aromatic carbocycles. The van der Waals surface area contributed by atoms with Crippen molar-refractivity contribution in [3.8, 4) is 0 Å². The first kappa shape index (κ1) is 28.7. The van der Waals surface area contributed by atoms with Gasteiger partial charge in [0.25, 0.3) is 0 Å². The Labute approximate surface area is 256 Å². The highest BCUT2D eigenvalue weighted by Gasteiger charge is 2.44. The second-order valence-corrected chi connectivity index (χ2v) is 12.3. The van der Waals surface area contributed by atoms with Crippen molar-refractivity contribution in [3.05, 3.63) is 78.1 Å². The molecule has 230 valence electrons. The van der Waals surface area contributed by atoms with Crippen LogP contribution in [0.25, 0.3) is 11.2 Å². The first-order valence-corrected chi connectivity index (χ1v) is 15.8. The third-order valence-electron chi connectivity index (χ3n) is 9.51. The topological polar surface area (TPSA) is 149 Å². The number of aliphatic hydroxyl groups is 2. The molecule has 5 atom stereocenters. The summed E-state index contributed by atoms with van der Waals surface area (Å²) >= 11 is 0. The molecule has 0 bridgehead atoms. The van der Waals surface area contributed by atoms with E-state index in [1.807, 2.05) is 16.7 Å². The molecule has 1 unspecified atom stereocenters. The third-order valence-corrected chi connectivity index (χ3v) is 9.51. The fraction of sp³-hybridized carbons (Fsp3) is 0.455. The van der Waals surface area contributed by atoms with Gasteiger partial charge in [0.05, 0.1) is 18.4 Å². The van der Waals surface area contributed by atoms with Crippen LogP contribution >= 0.6 is 0 Å². The number of carbonyl (C=O) groups is 1. The standard InChI is InChI=1S/C33H40N8O3/c42-28-25(38-32(44)22-12-7-13-22)16-26(29(28)43)41-19-36-27-30(39-33(40-31(27)41)37-23-14-15-34-17-23)35-18-24(20-8-3-1-4-9-20)21-10-5-2-6-11-21/h1-6,8-11,19,22-26,28-29,34,42-43H,7,12-18H2,(H,38,44)(H2,35,37,39,40)/t23?,25-,26+,28+,29-/m0/s1. The zero-order valence-corrected chi connectivity index (χ0v) is 24.6. The highest BCUT2D eigenvalue weighted by molar-refractivity contribution is 5.84. The molecule has 11 heteroatoms. The SMILES string of the molecule is O=C(N[C@H]1C[C@@H](n2cnc3c(NCC(c4ccccc4)c4ccccc4)nc(NC4CCNC4)nc32)[C@H](O)[C@@H]1O)C1CCC1. The zero-order valence-electron chi connectivity index (χ0n) is 24.6. The molecule has 2 saturated carbocycles. The second-order valence-electron chi connectivity index (χ2n) is 12.3. The molecule has 1 aliphatic heterocycles. The van der Waals surface area contributed by atoms with Crippen molar-refractivity contribution in [3.63, 3.8) is 0 Å². The van der Waals surface area contributed by atoms with Crippen molar-refractivity contribution in [2.24, 2.45) is 5.92 Å². The van der Waals surface area contributed by atoms with E-state index in [1.54, 1.807) is 6.33 Å². The Kier molecular flexibility index (Phi) is 8.16. The monoisotopic (exact) mass is 596 g/mol. The Morgan fingerprint density at radius 2 is 1.70 bits per heavy atom. The van der Waals surface area contributed by atoms with Crippen molar-refractivity contribution in [2.75, 3.05) is 30.3 Å². The van der Waals surface area contributed by atoms with E-state index in [0.29, 0.717) is 35.9 Å². The largest absolute Gasteiger partial charge is 0.388 e. The molecule has 0 radical (unpaired) electrons. The van der Waals surface area contributed by atoms with Gasteiger partial charge in [0.2, 0.25) is 11.9 Å². The normalized spacial score (nSPS) is 25.3. The van der Waals surface area contributed by atoms with Crippen LogP contribution in [-0.4, -0.2) is 79.6 Å². The zero-order chi connectivity index (χ0) is 30.0. The minimum absolute atomic E-state index is 0.00292. The van der Waals surface area contributed by atoms with Crippen molar-refractivity contribution in [2.45, 2.75) is 68.4 Å². The summed E-state index contributed by atoms with van der Waals surface area (Å²) < 4.78 is 1.83. The predicted octanol–water partition coefficient (Wildman–Crippen LogP) is 2.80. The van der Waals surface area contributed by atoms with Gasteiger partial charge in [-0.2, -0.15) is 9.97 Å². The number of aromatic nitrogens is 4. The van der Waals surface area contributed by atoms with Crippen LogP contribution in [-0.2, 0) is 4.79 Å². The van der Waals surface area contributed by atoms with Gasteiger partial charge < -0.3 is 36.0 Å². The Morgan fingerprint density at radius 1 is 0.977 bits per heavy atom. The van der Waals surface area contributed by atoms with E-state index in [0.717, 1.165) is 38.8 Å².